The van der Waals surface area contributed by atoms with Crippen LogP contribution in [0.3, 0.4) is 0 Å². The van der Waals surface area contributed by atoms with E-state index in [2.05, 4.69) is 11.9 Å². The van der Waals surface area contributed by atoms with E-state index in [0.29, 0.717) is 5.75 Å². The van der Waals surface area contributed by atoms with E-state index < -0.39 is 6.10 Å². The molecule has 102 valence electrons. The summed E-state index contributed by atoms with van der Waals surface area (Å²) in [7, 11) is 1.61. The first kappa shape index (κ1) is 15.0. The Bertz CT molecular complexity index is 328. The van der Waals surface area contributed by atoms with Crippen LogP contribution in [0.5, 0.6) is 5.75 Å². The Balaban J connectivity index is 2.25. The molecule has 0 fully saturated rings. The summed E-state index contributed by atoms with van der Waals surface area (Å²) >= 11 is 0. The van der Waals surface area contributed by atoms with Crippen LogP contribution in [0, 0.1) is 0 Å². The smallest absolute Gasteiger partial charge is 0.137 e. The number of hydrogen-bond acceptors (Lipinski definition) is 3. The van der Waals surface area contributed by atoms with E-state index in [1.54, 1.807) is 19.5 Å². The van der Waals surface area contributed by atoms with Crippen molar-refractivity contribution in [2.24, 2.45) is 0 Å². The van der Waals surface area contributed by atoms with Crippen LogP contribution in [0.15, 0.2) is 18.5 Å². The molecule has 1 rings (SSSR count). The number of methoxy groups -OCH3 is 1. The van der Waals surface area contributed by atoms with Gasteiger partial charge >= 0.3 is 0 Å². The third kappa shape index (κ3) is 5.50. The summed E-state index contributed by atoms with van der Waals surface area (Å²) in [5.41, 5.74) is 0.850. The first-order valence-corrected chi connectivity index (χ1v) is 6.95. The Labute approximate surface area is 110 Å². The molecule has 0 bridgehead atoms. The summed E-state index contributed by atoms with van der Waals surface area (Å²) in [6.45, 7) is 2.22. The fraction of sp³-hybridized carbons (Fsp3) is 0.667. The normalized spacial score (nSPS) is 12.4. The first-order chi connectivity index (χ1) is 8.77. The van der Waals surface area contributed by atoms with Gasteiger partial charge in [0.15, 0.2) is 0 Å². The maximum atomic E-state index is 10.0. The van der Waals surface area contributed by atoms with Gasteiger partial charge in [0.1, 0.15) is 5.75 Å². The van der Waals surface area contributed by atoms with E-state index >= 15 is 0 Å². The molecule has 3 heteroatoms. The quantitative estimate of drug-likeness (QED) is 0.677. The van der Waals surface area contributed by atoms with Gasteiger partial charge < -0.3 is 9.84 Å². The van der Waals surface area contributed by atoms with Gasteiger partial charge in [0.25, 0.3) is 0 Å². The average molecular weight is 251 g/mol. The molecule has 1 atom stereocenters. The molecule has 0 aliphatic rings. The van der Waals surface area contributed by atoms with Crippen LogP contribution < -0.4 is 4.74 Å². The Hall–Kier alpha value is -1.09. The maximum absolute atomic E-state index is 10.0. The highest BCUT2D eigenvalue weighted by Gasteiger charge is 2.08. The molecule has 0 spiro atoms. The molecule has 1 unspecified atom stereocenters. The van der Waals surface area contributed by atoms with Crippen molar-refractivity contribution in [3.8, 4) is 5.75 Å². The minimum atomic E-state index is -0.418. The number of pyridine rings is 1. The summed E-state index contributed by atoms with van der Waals surface area (Å²) in [6, 6.07) is 1.86. The number of nitrogens with zero attached hydrogens (tertiary/aromatic N) is 1. The number of unbranched alkanes of at least 4 members (excludes halogenated alkanes) is 5. The molecule has 1 N–H and O–H groups in total. The fourth-order valence-corrected chi connectivity index (χ4v) is 2.01. The van der Waals surface area contributed by atoms with E-state index in [0.717, 1.165) is 18.4 Å². The predicted octanol–water partition coefficient (Wildman–Crippen LogP) is 3.87. The van der Waals surface area contributed by atoms with Gasteiger partial charge in [-0.1, -0.05) is 45.4 Å². The van der Waals surface area contributed by atoms with Gasteiger partial charge in [-0.2, -0.15) is 0 Å². The number of hydrogen-bond donors (Lipinski definition) is 1. The minimum absolute atomic E-state index is 0.418. The largest absolute Gasteiger partial charge is 0.495 e. The van der Waals surface area contributed by atoms with E-state index in [1.807, 2.05) is 6.07 Å². The third-order valence-corrected chi connectivity index (χ3v) is 3.19. The molecular weight excluding hydrogens is 226 g/mol. The number of ether oxygens (including phenoxy) is 1. The van der Waals surface area contributed by atoms with Gasteiger partial charge in [-0.05, 0) is 12.5 Å². The van der Waals surface area contributed by atoms with Crippen molar-refractivity contribution in [1.29, 1.82) is 0 Å². The molecule has 0 amide bonds. The van der Waals surface area contributed by atoms with Gasteiger partial charge in [-0.3, -0.25) is 4.98 Å². The molecule has 0 aliphatic carbocycles. The zero-order valence-electron chi connectivity index (χ0n) is 11.6. The predicted molar refractivity (Wildman–Crippen MR) is 73.7 cm³/mol. The van der Waals surface area contributed by atoms with Crippen LogP contribution in [0.2, 0.25) is 0 Å². The van der Waals surface area contributed by atoms with E-state index in [1.165, 1.54) is 32.1 Å². The third-order valence-electron chi connectivity index (χ3n) is 3.19. The molecule has 18 heavy (non-hydrogen) atoms. The van der Waals surface area contributed by atoms with Crippen LogP contribution in [-0.4, -0.2) is 17.2 Å². The zero-order chi connectivity index (χ0) is 13.2. The van der Waals surface area contributed by atoms with Gasteiger partial charge in [0, 0.05) is 11.8 Å². The van der Waals surface area contributed by atoms with Crippen LogP contribution in [-0.2, 0) is 0 Å². The van der Waals surface area contributed by atoms with E-state index in [4.69, 9.17) is 4.74 Å². The highest BCUT2D eigenvalue weighted by molar-refractivity contribution is 5.24. The van der Waals surface area contributed by atoms with Crippen molar-refractivity contribution in [2.45, 2.75) is 58.0 Å². The highest BCUT2D eigenvalue weighted by Crippen LogP contribution is 2.22. The fourth-order valence-electron chi connectivity index (χ4n) is 2.01. The molecular formula is C15H25NO2. The first-order valence-electron chi connectivity index (χ1n) is 6.95. The van der Waals surface area contributed by atoms with Crippen molar-refractivity contribution in [2.75, 3.05) is 7.11 Å². The lowest BCUT2D eigenvalue weighted by atomic mass is 10.0. The van der Waals surface area contributed by atoms with Crippen molar-refractivity contribution < 1.29 is 9.84 Å². The topological polar surface area (TPSA) is 42.4 Å². The molecule has 0 aromatic carbocycles. The van der Waals surface area contributed by atoms with E-state index in [-0.39, 0.29) is 0 Å². The molecule has 1 aromatic heterocycles. The molecule has 0 saturated carbocycles. The lowest BCUT2D eigenvalue weighted by molar-refractivity contribution is 0.162. The molecule has 1 aromatic rings. The van der Waals surface area contributed by atoms with Gasteiger partial charge in [0.2, 0.25) is 0 Å². The average Bonchev–Trinajstić information content (AvgIpc) is 2.42. The van der Waals surface area contributed by atoms with Crippen LogP contribution >= 0.6 is 0 Å². The summed E-state index contributed by atoms with van der Waals surface area (Å²) in [4.78, 5) is 4.06. The zero-order valence-corrected chi connectivity index (χ0v) is 11.6. The van der Waals surface area contributed by atoms with Gasteiger partial charge in [-0.15, -0.1) is 0 Å². The maximum Gasteiger partial charge on any atom is 0.137 e. The second-order valence-corrected chi connectivity index (χ2v) is 4.73. The Kier molecular flexibility index (Phi) is 7.42. The summed E-state index contributed by atoms with van der Waals surface area (Å²) in [6.07, 6.45) is 11.2. The molecule has 0 saturated heterocycles. The Morgan fingerprint density at radius 3 is 2.61 bits per heavy atom. The van der Waals surface area contributed by atoms with Crippen molar-refractivity contribution in [3.63, 3.8) is 0 Å². The number of aliphatic hydroxyl groups is 1. The summed E-state index contributed by atoms with van der Waals surface area (Å²) in [5, 5.41) is 10.0. The lowest BCUT2D eigenvalue weighted by Gasteiger charge is -2.11. The molecule has 0 radical (unpaired) electrons. The highest BCUT2D eigenvalue weighted by atomic mass is 16.5. The van der Waals surface area contributed by atoms with Crippen molar-refractivity contribution >= 4 is 0 Å². The summed E-state index contributed by atoms with van der Waals surface area (Å²) in [5.74, 6) is 0.703. The number of aliphatic hydroxyl groups excluding tert-OH is 1. The SMILES string of the molecule is CCCCCCCCC(O)c1cncc(OC)c1. The standard InChI is InChI=1S/C15H25NO2/c1-3-4-5-6-7-8-9-15(17)13-10-14(18-2)12-16-11-13/h10-12,15,17H,3-9H2,1-2H3. The molecule has 0 aliphatic heterocycles. The number of rotatable bonds is 9. The van der Waals surface area contributed by atoms with Gasteiger partial charge in [0.05, 0.1) is 19.4 Å². The second-order valence-electron chi connectivity index (χ2n) is 4.73. The van der Waals surface area contributed by atoms with Gasteiger partial charge in [-0.25, -0.2) is 0 Å². The molecule has 1 heterocycles. The lowest BCUT2D eigenvalue weighted by Crippen LogP contribution is -1.99. The van der Waals surface area contributed by atoms with E-state index in [9.17, 15) is 5.11 Å². The van der Waals surface area contributed by atoms with Crippen molar-refractivity contribution in [1.82, 2.24) is 4.98 Å². The van der Waals surface area contributed by atoms with Crippen LogP contribution in [0.25, 0.3) is 0 Å². The second kappa shape index (κ2) is 8.92. The monoisotopic (exact) mass is 251 g/mol. The molecule has 3 nitrogen and oxygen atoms in total. The minimum Gasteiger partial charge on any atom is -0.495 e. The van der Waals surface area contributed by atoms with Crippen LogP contribution in [0.4, 0.5) is 0 Å². The number of aromatic nitrogens is 1. The Morgan fingerprint density at radius 1 is 1.17 bits per heavy atom. The van der Waals surface area contributed by atoms with Crippen molar-refractivity contribution in [3.05, 3.63) is 24.0 Å². The van der Waals surface area contributed by atoms with Crippen LogP contribution in [0.1, 0.15) is 63.5 Å². The summed E-state index contributed by atoms with van der Waals surface area (Å²) < 4.78 is 5.10. The Morgan fingerprint density at radius 2 is 1.89 bits per heavy atom.